The number of aliphatic hydroxyl groups excluding tert-OH is 1. The number of nitrogens with zero attached hydrogens (tertiary/aromatic N) is 3. The average molecular weight is 280 g/mol. The first-order valence-electron chi connectivity index (χ1n) is 7.17. The second-order valence-corrected chi connectivity index (χ2v) is 5.18. The van der Waals surface area contributed by atoms with E-state index in [9.17, 15) is 0 Å². The molecule has 1 saturated heterocycles. The average Bonchev–Trinajstić information content (AvgIpc) is 2.48. The number of methoxy groups -OCH3 is 1. The van der Waals surface area contributed by atoms with E-state index in [2.05, 4.69) is 20.2 Å². The summed E-state index contributed by atoms with van der Waals surface area (Å²) in [6, 6.07) is 1.97. The molecule has 1 aliphatic rings. The molecular weight excluding hydrogens is 256 g/mol. The maximum atomic E-state index is 9.10. The second kappa shape index (κ2) is 7.40. The maximum Gasteiger partial charge on any atom is 0.158 e. The van der Waals surface area contributed by atoms with Crippen LogP contribution in [0.2, 0.25) is 0 Å². The van der Waals surface area contributed by atoms with E-state index in [1.165, 1.54) is 6.42 Å². The first-order valence-corrected chi connectivity index (χ1v) is 7.17. The molecule has 6 nitrogen and oxygen atoms in total. The molecule has 112 valence electrons. The molecule has 1 aliphatic heterocycles. The minimum atomic E-state index is 0.263. The van der Waals surface area contributed by atoms with Gasteiger partial charge in [0.05, 0.1) is 0 Å². The van der Waals surface area contributed by atoms with E-state index in [1.54, 1.807) is 7.11 Å². The van der Waals surface area contributed by atoms with Gasteiger partial charge in [0.15, 0.2) is 5.82 Å². The summed E-state index contributed by atoms with van der Waals surface area (Å²) in [6.45, 7) is 2.64. The van der Waals surface area contributed by atoms with Crippen molar-refractivity contribution < 1.29 is 9.84 Å². The minimum Gasteiger partial charge on any atom is -0.396 e. The zero-order valence-corrected chi connectivity index (χ0v) is 12.3. The van der Waals surface area contributed by atoms with Gasteiger partial charge >= 0.3 is 0 Å². The van der Waals surface area contributed by atoms with Gasteiger partial charge in [-0.2, -0.15) is 0 Å². The lowest BCUT2D eigenvalue weighted by Crippen LogP contribution is -2.36. The first kappa shape index (κ1) is 15.0. The fraction of sp³-hybridized carbons (Fsp3) is 0.714. The predicted octanol–water partition coefficient (Wildman–Crippen LogP) is 1.26. The molecule has 0 radical (unpaired) electrons. The summed E-state index contributed by atoms with van der Waals surface area (Å²) in [7, 11) is 3.50. The molecule has 0 spiro atoms. The van der Waals surface area contributed by atoms with Crippen molar-refractivity contribution in [3.8, 4) is 0 Å². The van der Waals surface area contributed by atoms with Crippen molar-refractivity contribution in [1.82, 2.24) is 9.97 Å². The number of nitrogens with one attached hydrogen (secondary N) is 1. The lowest BCUT2D eigenvalue weighted by Gasteiger charge is -2.33. The lowest BCUT2D eigenvalue weighted by atomic mass is 9.95. The molecule has 0 bridgehead atoms. The van der Waals surface area contributed by atoms with E-state index in [0.29, 0.717) is 18.3 Å². The smallest absolute Gasteiger partial charge is 0.158 e. The Morgan fingerprint density at radius 2 is 2.35 bits per heavy atom. The number of rotatable bonds is 6. The highest BCUT2D eigenvalue weighted by Gasteiger charge is 2.21. The van der Waals surface area contributed by atoms with Crippen LogP contribution < -0.4 is 10.2 Å². The van der Waals surface area contributed by atoms with Crippen LogP contribution in [0.4, 0.5) is 11.6 Å². The quantitative estimate of drug-likeness (QED) is 0.817. The number of aromatic nitrogens is 2. The number of piperidine rings is 1. The number of hydrogen-bond acceptors (Lipinski definition) is 6. The van der Waals surface area contributed by atoms with Crippen molar-refractivity contribution >= 4 is 11.6 Å². The van der Waals surface area contributed by atoms with Crippen LogP contribution in [-0.2, 0) is 11.3 Å². The van der Waals surface area contributed by atoms with Crippen LogP contribution in [-0.4, -0.2) is 48.9 Å². The molecular formula is C14H24N4O2. The van der Waals surface area contributed by atoms with Crippen LogP contribution in [0.5, 0.6) is 0 Å². The highest BCUT2D eigenvalue weighted by atomic mass is 16.5. The molecule has 1 aromatic rings. The minimum absolute atomic E-state index is 0.263. The van der Waals surface area contributed by atoms with Crippen molar-refractivity contribution in [2.24, 2.45) is 5.92 Å². The normalized spacial score (nSPS) is 19.1. The SMILES string of the molecule is CNc1cc(N2CCCC(CCO)C2)nc(COC)n1. The van der Waals surface area contributed by atoms with Crippen LogP contribution in [0.3, 0.4) is 0 Å². The van der Waals surface area contributed by atoms with Crippen molar-refractivity contribution in [3.05, 3.63) is 11.9 Å². The van der Waals surface area contributed by atoms with E-state index in [0.717, 1.165) is 37.6 Å². The summed E-state index contributed by atoms with van der Waals surface area (Å²) < 4.78 is 5.13. The van der Waals surface area contributed by atoms with Gasteiger partial charge in [-0.05, 0) is 25.2 Å². The van der Waals surface area contributed by atoms with Crippen LogP contribution in [0.1, 0.15) is 25.1 Å². The molecule has 1 fully saturated rings. The summed E-state index contributed by atoms with van der Waals surface area (Å²) in [4.78, 5) is 11.2. The molecule has 1 atom stereocenters. The van der Waals surface area contributed by atoms with E-state index in [4.69, 9.17) is 9.84 Å². The zero-order valence-electron chi connectivity index (χ0n) is 12.3. The fourth-order valence-electron chi connectivity index (χ4n) is 2.66. The molecule has 0 aromatic carbocycles. The monoisotopic (exact) mass is 280 g/mol. The third-order valence-electron chi connectivity index (χ3n) is 3.67. The zero-order chi connectivity index (χ0) is 14.4. The van der Waals surface area contributed by atoms with Gasteiger partial charge in [-0.1, -0.05) is 0 Å². The van der Waals surface area contributed by atoms with E-state index in [-0.39, 0.29) is 6.61 Å². The van der Waals surface area contributed by atoms with Crippen LogP contribution in [0.25, 0.3) is 0 Å². The van der Waals surface area contributed by atoms with Gasteiger partial charge in [-0.15, -0.1) is 0 Å². The molecule has 1 unspecified atom stereocenters. The number of aliphatic hydroxyl groups is 1. The maximum absolute atomic E-state index is 9.10. The number of hydrogen-bond donors (Lipinski definition) is 2. The summed E-state index contributed by atoms with van der Waals surface area (Å²) in [5.74, 6) is 3.00. The standard InChI is InChI=1S/C14H24N4O2/c1-15-12-8-14(17-13(16-12)10-20-2)18-6-3-4-11(9-18)5-7-19/h8,11,19H,3-7,9-10H2,1-2H3,(H,15,16,17). The molecule has 20 heavy (non-hydrogen) atoms. The van der Waals surface area contributed by atoms with Crippen LogP contribution >= 0.6 is 0 Å². The van der Waals surface area contributed by atoms with Gasteiger partial charge in [-0.25, -0.2) is 9.97 Å². The van der Waals surface area contributed by atoms with E-state index >= 15 is 0 Å². The van der Waals surface area contributed by atoms with Gasteiger partial charge in [-0.3, -0.25) is 0 Å². The van der Waals surface area contributed by atoms with Gasteiger partial charge < -0.3 is 20.1 Å². The van der Waals surface area contributed by atoms with Crippen molar-refractivity contribution in [1.29, 1.82) is 0 Å². The lowest BCUT2D eigenvalue weighted by molar-refractivity contribution is 0.178. The number of anilines is 2. The van der Waals surface area contributed by atoms with Crippen LogP contribution in [0.15, 0.2) is 6.07 Å². The first-order chi connectivity index (χ1) is 9.76. The Kier molecular flexibility index (Phi) is 5.55. The number of ether oxygens (including phenoxy) is 1. The highest BCUT2D eigenvalue weighted by molar-refractivity contribution is 5.49. The molecule has 0 saturated carbocycles. The predicted molar refractivity (Wildman–Crippen MR) is 78.9 cm³/mol. The molecule has 2 rings (SSSR count). The molecule has 0 amide bonds. The third kappa shape index (κ3) is 3.80. The van der Waals surface area contributed by atoms with Crippen molar-refractivity contribution in [2.45, 2.75) is 25.9 Å². The fourth-order valence-corrected chi connectivity index (χ4v) is 2.66. The third-order valence-corrected chi connectivity index (χ3v) is 3.67. The molecule has 2 N–H and O–H groups in total. The van der Waals surface area contributed by atoms with Crippen LogP contribution in [0, 0.1) is 5.92 Å². The second-order valence-electron chi connectivity index (χ2n) is 5.18. The van der Waals surface area contributed by atoms with Gasteiger partial charge in [0.1, 0.15) is 18.2 Å². The summed E-state index contributed by atoms with van der Waals surface area (Å²) in [5, 5.41) is 12.2. The summed E-state index contributed by atoms with van der Waals surface area (Å²) in [6.07, 6.45) is 3.19. The Morgan fingerprint density at radius 1 is 1.50 bits per heavy atom. The Balaban J connectivity index is 2.15. The molecule has 1 aromatic heterocycles. The molecule has 6 heteroatoms. The summed E-state index contributed by atoms with van der Waals surface area (Å²) in [5.41, 5.74) is 0. The van der Waals surface area contributed by atoms with Gasteiger partial charge in [0, 0.05) is 39.9 Å². The molecule has 0 aliphatic carbocycles. The Labute approximate surface area is 120 Å². The Morgan fingerprint density at radius 3 is 3.05 bits per heavy atom. The molecule has 2 heterocycles. The highest BCUT2D eigenvalue weighted by Crippen LogP contribution is 2.25. The largest absolute Gasteiger partial charge is 0.396 e. The van der Waals surface area contributed by atoms with E-state index in [1.807, 2.05) is 13.1 Å². The Bertz CT molecular complexity index is 426. The van der Waals surface area contributed by atoms with Crippen molar-refractivity contribution in [2.75, 3.05) is 44.1 Å². The van der Waals surface area contributed by atoms with Gasteiger partial charge in [0.25, 0.3) is 0 Å². The van der Waals surface area contributed by atoms with Crippen molar-refractivity contribution in [3.63, 3.8) is 0 Å². The van der Waals surface area contributed by atoms with Gasteiger partial charge in [0.2, 0.25) is 0 Å². The summed E-state index contributed by atoms with van der Waals surface area (Å²) >= 11 is 0. The topological polar surface area (TPSA) is 70.5 Å². The Hall–Kier alpha value is -1.40. The van der Waals surface area contributed by atoms with E-state index < -0.39 is 0 Å².